The summed E-state index contributed by atoms with van der Waals surface area (Å²) in [6, 6.07) is 0. The number of aryl methyl sites for hydroxylation is 1. The zero-order chi connectivity index (χ0) is 9.42. The molecule has 1 N–H and O–H groups in total. The van der Waals surface area contributed by atoms with E-state index in [1.54, 1.807) is 0 Å². The van der Waals surface area contributed by atoms with Gasteiger partial charge < -0.3 is 9.88 Å². The van der Waals surface area contributed by atoms with Crippen molar-refractivity contribution in [2.24, 2.45) is 7.05 Å². The van der Waals surface area contributed by atoms with Crippen molar-refractivity contribution in [2.75, 3.05) is 0 Å². The van der Waals surface area contributed by atoms with Crippen LogP contribution in [0.2, 0.25) is 0 Å². The van der Waals surface area contributed by atoms with Crippen molar-refractivity contribution < 1.29 is 0 Å². The molecule has 0 atom stereocenters. The number of nitrogens with one attached hydrogen (secondary N) is 1. The van der Waals surface area contributed by atoms with Crippen molar-refractivity contribution >= 4 is 5.57 Å². The first-order valence-electron chi connectivity index (χ1n) is 4.69. The van der Waals surface area contributed by atoms with Gasteiger partial charge in [0.05, 0.1) is 17.9 Å². The minimum Gasteiger partial charge on any atom is -0.385 e. The lowest BCUT2D eigenvalue weighted by Gasteiger charge is -2.12. The number of rotatable bonds is 1. The summed E-state index contributed by atoms with van der Waals surface area (Å²) in [6.07, 6.45) is 3.03. The van der Waals surface area contributed by atoms with E-state index in [1.165, 1.54) is 17.1 Å². The molecule has 1 aromatic rings. The molecule has 2 heterocycles. The Kier molecular flexibility index (Phi) is 1.87. The summed E-state index contributed by atoms with van der Waals surface area (Å²) >= 11 is 0. The molecule has 0 radical (unpaired) electrons. The lowest BCUT2D eigenvalue weighted by atomic mass is 10.1. The molecule has 3 nitrogen and oxygen atoms in total. The Hall–Kier alpha value is -1.25. The topological polar surface area (TPSA) is 29.9 Å². The molecular weight excluding hydrogens is 162 g/mol. The van der Waals surface area contributed by atoms with Crippen molar-refractivity contribution in [2.45, 2.75) is 26.8 Å². The van der Waals surface area contributed by atoms with E-state index in [0.29, 0.717) is 0 Å². The summed E-state index contributed by atoms with van der Waals surface area (Å²) in [4.78, 5) is 4.60. The highest BCUT2D eigenvalue weighted by Crippen LogP contribution is 2.21. The van der Waals surface area contributed by atoms with Crippen LogP contribution in [0.4, 0.5) is 0 Å². The fourth-order valence-electron chi connectivity index (χ4n) is 1.79. The second-order valence-electron chi connectivity index (χ2n) is 3.44. The van der Waals surface area contributed by atoms with Crippen LogP contribution in [-0.4, -0.2) is 9.55 Å². The maximum Gasteiger partial charge on any atom is 0.109 e. The van der Waals surface area contributed by atoms with Crippen molar-refractivity contribution in [3.05, 3.63) is 23.4 Å². The van der Waals surface area contributed by atoms with E-state index in [9.17, 15) is 0 Å². The Morgan fingerprint density at radius 1 is 1.62 bits per heavy atom. The summed E-state index contributed by atoms with van der Waals surface area (Å²) in [6.45, 7) is 5.13. The molecule has 13 heavy (non-hydrogen) atoms. The monoisotopic (exact) mass is 177 g/mol. The molecule has 0 saturated carbocycles. The van der Waals surface area contributed by atoms with Gasteiger partial charge in [0.15, 0.2) is 0 Å². The summed E-state index contributed by atoms with van der Waals surface area (Å²) in [5, 5.41) is 3.25. The van der Waals surface area contributed by atoms with Gasteiger partial charge in [-0.05, 0) is 12.5 Å². The Morgan fingerprint density at radius 3 is 3.00 bits per heavy atom. The Bertz CT molecular complexity index is 360. The molecule has 1 aliphatic rings. The van der Waals surface area contributed by atoms with Gasteiger partial charge in [-0.2, -0.15) is 0 Å². The molecule has 70 valence electrons. The van der Waals surface area contributed by atoms with Gasteiger partial charge in [-0.15, -0.1) is 0 Å². The molecule has 1 aromatic heterocycles. The fourth-order valence-corrected chi connectivity index (χ4v) is 1.79. The smallest absolute Gasteiger partial charge is 0.109 e. The minimum absolute atomic E-state index is 0.899. The SMILES string of the molecule is CCc1nc2c(n1C)CNC=C2C. The van der Waals surface area contributed by atoms with Crippen molar-refractivity contribution in [3.63, 3.8) is 0 Å². The number of nitrogens with zero attached hydrogens (tertiary/aromatic N) is 2. The lowest BCUT2D eigenvalue weighted by molar-refractivity contribution is 0.719. The maximum atomic E-state index is 4.60. The third-order valence-electron chi connectivity index (χ3n) is 2.58. The van der Waals surface area contributed by atoms with E-state index in [1.807, 2.05) is 6.20 Å². The Balaban J connectivity index is 2.57. The van der Waals surface area contributed by atoms with Gasteiger partial charge in [0.25, 0.3) is 0 Å². The molecule has 0 aromatic carbocycles. The largest absolute Gasteiger partial charge is 0.385 e. The van der Waals surface area contributed by atoms with Gasteiger partial charge in [0.2, 0.25) is 0 Å². The Morgan fingerprint density at radius 2 is 2.38 bits per heavy atom. The molecule has 3 heteroatoms. The zero-order valence-corrected chi connectivity index (χ0v) is 8.39. The summed E-state index contributed by atoms with van der Waals surface area (Å²) in [5.41, 5.74) is 3.70. The van der Waals surface area contributed by atoms with Gasteiger partial charge in [0, 0.05) is 19.7 Å². The second-order valence-corrected chi connectivity index (χ2v) is 3.44. The van der Waals surface area contributed by atoms with E-state index < -0.39 is 0 Å². The second kappa shape index (κ2) is 2.91. The van der Waals surface area contributed by atoms with E-state index in [2.05, 4.69) is 35.8 Å². The molecule has 0 fully saturated rings. The van der Waals surface area contributed by atoms with Crippen LogP contribution in [0.5, 0.6) is 0 Å². The van der Waals surface area contributed by atoms with Crippen molar-refractivity contribution in [1.82, 2.24) is 14.9 Å². The highest BCUT2D eigenvalue weighted by Gasteiger charge is 2.16. The molecule has 0 saturated heterocycles. The predicted molar refractivity (Wildman–Crippen MR) is 53.1 cm³/mol. The van der Waals surface area contributed by atoms with E-state index in [-0.39, 0.29) is 0 Å². The van der Waals surface area contributed by atoms with E-state index in [0.717, 1.165) is 18.7 Å². The van der Waals surface area contributed by atoms with Crippen LogP contribution >= 0.6 is 0 Å². The summed E-state index contributed by atoms with van der Waals surface area (Å²) in [5.74, 6) is 1.17. The van der Waals surface area contributed by atoms with Crippen LogP contribution in [0, 0.1) is 0 Å². The van der Waals surface area contributed by atoms with Crippen LogP contribution in [0.25, 0.3) is 5.57 Å². The summed E-state index contributed by atoms with van der Waals surface area (Å²) in [7, 11) is 2.09. The number of aromatic nitrogens is 2. The van der Waals surface area contributed by atoms with Gasteiger partial charge in [0.1, 0.15) is 5.82 Å². The molecule has 1 aliphatic heterocycles. The Labute approximate surface area is 78.5 Å². The molecule has 2 rings (SSSR count). The number of hydrogen-bond donors (Lipinski definition) is 1. The molecule has 0 spiro atoms. The van der Waals surface area contributed by atoms with Crippen LogP contribution in [-0.2, 0) is 20.0 Å². The van der Waals surface area contributed by atoms with Gasteiger partial charge in [-0.3, -0.25) is 0 Å². The van der Waals surface area contributed by atoms with Crippen molar-refractivity contribution in [3.8, 4) is 0 Å². The van der Waals surface area contributed by atoms with Gasteiger partial charge in [-0.25, -0.2) is 4.98 Å². The maximum absolute atomic E-state index is 4.60. The van der Waals surface area contributed by atoms with Crippen LogP contribution in [0.15, 0.2) is 6.20 Å². The fraction of sp³-hybridized carbons (Fsp3) is 0.500. The number of allylic oxidation sites excluding steroid dienone is 1. The quantitative estimate of drug-likeness (QED) is 0.703. The summed E-state index contributed by atoms with van der Waals surface area (Å²) < 4.78 is 2.19. The average molecular weight is 177 g/mol. The highest BCUT2D eigenvalue weighted by atomic mass is 15.1. The highest BCUT2D eigenvalue weighted by molar-refractivity contribution is 5.64. The predicted octanol–water partition coefficient (Wildman–Crippen LogP) is 1.45. The van der Waals surface area contributed by atoms with Crippen LogP contribution < -0.4 is 5.32 Å². The number of hydrogen-bond acceptors (Lipinski definition) is 2. The lowest BCUT2D eigenvalue weighted by Crippen LogP contribution is -2.15. The van der Waals surface area contributed by atoms with Crippen LogP contribution in [0.3, 0.4) is 0 Å². The van der Waals surface area contributed by atoms with Crippen LogP contribution in [0.1, 0.15) is 31.1 Å². The molecular formula is C10H15N3. The molecule has 0 amide bonds. The standard InChI is InChI=1S/C10H15N3/c1-4-9-12-10-7(2)5-11-6-8(10)13(9)3/h5,11H,4,6H2,1-3H3. The normalized spacial score (nSPS) is 14.8. The van der Waals surface area contributed by atoms with E-state index >= 15 is 0 Å². The van der Waals surface area contributed by atoms with Gasteiger partial charge >= 0.3 is 0 Å². The molecule has 0 unspecified atom stereocenters. The molecule has 0 aliphatic carbocycles. The van der Waals surface area contributed by atoms with Gasteiger partial charge in [-0.1, -0.05) is 6.92 Å². The third-order valence-corrected chi connectivity index (χ3v) is 2.58. The number of imidazole rings is 1. The first-order valence-corrected chi connectivity index (χ1v) is 4.69. The molecule has 0 bridgehead atoms. The van der Waals surface area contributed by atoms with Crippen molar-refractivity contribution in [1.29, 1.82) is 0 Å². The first kappa shape index (κ1) is 8.35. The number of fused-ring (bicyclic) bond motifs is 1. The third kappa shape index (κ3) is 1.15. The first-order chi connectivity index (χ1) is 6.24. The van der Waals surface area contributed by atoms with E-state index in [4.69, 9.17) is 0 Å². The zero-order valence-electron chi connectivity index (χ0n) is 8.39. The minimum atomic E-state index is 0.899. The average Bonchev–Trinajstić information content (AvgIpc) is 2.45.